The standard InChI is InChI=1S/C45H33N5/c1-27-11-8-12-31(23-27)49-39-18-10-14-32(44(39)48-45(49)36-16-9-15-35-33-13-4-5-17-38(33)47-43(35)36)30-20-21-34-37-24-28(2)29(3)25-40(37)50(41(34)26-30)42-19-6-7-22-46-42/h4-26,47H,1-3H3. The highest BCUT2D eigenvalue weighted by Gasteiger charge is 2.22. The molecule has 4 heterocycles. The number of H-pyrrole nitrogens is 1. The van der Waals surface area contributed by atoms with Gasteiger partial charge in [0.2, 0.25) is 0 Å². The number of aromatic amines is 1. The Morgan fingerprint density at radius 1 is 0.540 bits per heavy atom. The summed E-state index contributed by atoms with van der Waals surface area (Å²) >= 11 is 0. The number of hydrogen-bond acceptors (Lipinski definition) is 2. The smallest absolute Gasteiger partial charge is 0.147 e. The molecule has 0 amide bonds. The van der Waals surface area contributed by atoms with Crippen molar-refractivity contribution in [3.05, 3.63) is 156 Å². The van der Waals surface area contributed by atoms with Gasteiger partial charge in [0.25, 0.3) is 0 Å². The molecule has 5 nitrogen and oxygen atoms in total. The first-order chi connectivity index (χ1) is 24.5. The third-order valence-corrected chi connectivity index (χ3v) is 10.3. The fourth-order valence-corrected chi connectivity index (χ4v) is 7.78. The maximum atomic E-state index is 5.54. The summed E-state index contributed by atoms with van der Waals surface area (Å²) in [5, 5.41) is 4.85. The van der Waals surface area contributed by atoms with E-state index in [0.717, 1.165) is 67.1 Å². The number of imidazole rings is 1. The molecular weight excluding hydrogens is 611 g/mol. The van der Waals surface area contributed by atoms with E-state index in [9.17, 15) is 0 Å². The molecule has 0 aliphatic rings. The number of aromatic nitrogens is 5. The zero-order valence-corrected chi connectivity index (χ0v) is 28.1. The number of hydrogen-bond donors (Lipinski definition) is 1. The summed E-state index contributed by atoms with van der Waals surface area (Å²) in [6.07, 6.45) is 1.87. The Morgan fingerprint density at radius 3 is 2.20 bits per heavy atom. The van der Waals surface area contributed by atoms with Crippen LogP contribution in [-0.4, -0.2) is 24.1 Å². The Kier molecular flexibility index (Phi) is 6.15. The summed E-state index contributed by atoms with van der Waals surface area (Å²) in [7, 11) is 0. The van der Waals surface area contributed by atoms with Crippen LogP contribution in [0.15, 0.2) is 140 Å². The van der Waals surface area contributed by atoms with Crippen molar-refractivity contribution >= 4 is 54.6 Å². The van der Waals surface area contributed by atoms with E-state index in [-0.39, 0.29) is 0 Å². The van der Waals surface area contributed by atoms with Gasteiger partial charge in [0, 0.05) is 50.1 Å². The number of nitrogens with one attached hydrogen (secondary N) is 1. The average Bonchev–Trinajstić information content (AvgIpc) is 3.81. The molecule has 0 aliphatic heterocycles. The number of para-hydroxylation sites is 3. The predicted octanol–water partition coefficient (Wildman–Crippen LogP) is 11.4. The van der Waals surface area contributed by atoms with Gasteiger partial charge >= 0.3 is 0 Å². The fraction of sp³-hybridized carbons (Fsp3) is 0.0667. The minimum absolute atomic E-state index is 0.906. The first-order valence-corrected chi connectivity index (χ1v) is 17.1. The minimum Gasteiger partial charge on any atom is -0.354 e. The van der Waals surface area contributed by atoms with Crippen LogP contribution < -0.4 is 0 Å². The summed E-state index contributed by atoms with van der Waals surface area (Å²) in [4.78, 5) is 14.1. The van der Waals surface area contributed by atoms with Crippen molar-refractivity contribution in [2.75, 3.05) is 0 Å². The van der Waals surface area contributed by atoms with Crippen molar-refractivity contribution in [3.8, 4) is 34.0 Å². The molecular formula is C45H33N5. The van der Waals surface area contributed by atoms with Gasteiger partial charge < -0.3 is 4.98 Å². The van der Waals surface area contributed by atoms with Crippen LogP contribution in [0.3, 0.4) is 0 Å². The fourth-order valence-electron chi connectivity index (χ4n) is 7.78. The van der Waals surface area contributed by atoms with Crippen LogP contribution in [0, 0.1) is 20.8 Å². The maximum absolute atomic E-state index is 5.54. The highest BCUT2D eigenvalue weighted by molar-refractivity contribution is 6.13. The second-order valence-electron chi connectivity index (χ2n) is 13.4. The molecule has 0 unspecified atom stereocenters. The lowest BCUT2D eigenvalue weighted by atomic mass is 10.0. The number of pyridine rings is 1. The van der Waals surface area contributed by atoms with Gasteiger partial charge in [0.05, 0.1) is 27.6 Å². The van der Waals surface area contributed by atoms with E-state index in [4.69, 9.17) is 9.97 Å². The second-order valence-corrected chi connectivity index (χ2v) is 13.4. The van der Waals surface area contributed by atoms with E-state index in [1.807, 2.05) is 12.3 Å². The highest BCUT2D eigenvalue weighted by atomic mass is 15.1. The molecule has 4 aromatic heterocycles. The molecule has 0 saturated carbocycles. The van der Waals surface area contributed by atoms with Gasteiger partial charge in [-0.25, -0.2) is 9.97 Å². The normalized spacial score (nSPS) is 11.9. The van der Waals surface area contributed by atoms with Gasteiger partial charge in [0.1, 0.15) is 11.6 Å². The van der Waals surface area contributed by atoms with Crippen molar-refractivity contribution in [1.29, 1.82) is 0 Å². The lowest BCUT2D eigenvalue weighted by Crippen LogP contribution is -1.98. The summed E-state index contributed by atoms with van der Waals surface area (Å²) in [6.45, 7) is 6.51. The molecule has 0 saturated heterocycles. The molecule has 0 radical (unpaired) electrons. The molecule has 1 N–H and O–H groups in total. The molecule has 10 rings (SSSR count). The molecule has 0 aliphatic carbocycles. The highest BCUT2D eigenvalue weighted by Crippen LogP contribution is 2.40. The average molecular weight is 644 g/mol. The number of fused-ring (bicyclic) bond motifs is 7. The topological polar surface area (TPSA) is 51.4 Å². The van der Waals surface area contributed by atoms with Gasteiger partial charge in [-0.3, -0.25) is 9.13 Å². The molecule has 0 spiro atoms. The Hall–Kier alpha value is -6.46. The van der Waals surface area contributed by atoms with Gasteiger partial charge in [-0.15, -0.1) is 0 Å². The van der Waals surface area contributed by atoms with Crippen molar-refractivity contribution in [1.82, 2.24) is 24.1 Å². The van der Waals surface area contributed by atoms with Crippen LogP contribution >= 0.6 is 0 Å². The molecule has 6 aromatic carbocycles. The van der Waals surface area contributed by atoms with Gasteiger partial charge in [0.15, 0.2) is 0 Å². The molecule has 10 aromatic rings. The monoisotopic (exact) mass is 643 g/mol. The summed E-state index contributed by atoms with van der Waals surface area (Å²) in [5.74, 6) is 1.81. The minimum atomic E-state index is 0.906. The van der Waals surface area contributed by atoms with Crippen molar-refractivity contribution in [2.45, 2.75) is 20.8 Å². The summed E-state index contributed by atoms with van der Waals surface area (Å²) in [5.41, 5.74) is 14.6. The van der Waals surface area contributed by atoms with Crippen LogP contribution in [-0.2, 0) is 0 Å². The lowest BCUT2D eigenvalue weighted by Gasteiger charge is -2.11. The molecule has 0 bridgehead atoms. The number of benzene rings is 6. The largest absolute Gasteiger partial charge is 0.354 e. The van der Waals surface area contributed by atoms with E-state index in [1.165, 1.54) is 38.2 Å². The molecule has 0 fully saturated rings. The van der Waals surface area contributed by atoms with E-state index in [2.05, 4.69) is 162 Å². The maximum Gasteiger partial charge on any atom is 0.147 e. The van der Waals surface area contributed by atoms with Gasteiger partial charge in [-0.2, -0.15) is 0 Å². The first kappa shape index (κ1) is 28.5. The van der Waals surface area contributed by atoms with Gasteiger partial charge in [-0.1, -0.05) is 72.8 Å². The molecule has 5 heteroatoms. The van der Waals surface area contributed by atoms with Crippen molar-refractivity contribution in [2.24, 2.45) is 0 Å². The zero-order chi connectivity index (χ0) is 33.5. The van der Waals surface area contributed by atoms with Crippen LogP contribution in [0.1, 0.15) is 16.7 Å². The summed E-state index contributed by atoms with van der Waals surface area (Å²) in [6, 6.07) is 47.8. The number of rotatable bonds is 4. The third-order valence-electron chi connectivity index (χ3n) is 10.3. The second kappa shape index (κ2) is 10.8. The third kappa shape index (κ3) is 4.20. The molecule has 238 valence electrons. The van der Waals surface area contributed by atoms with E-state index >= 15 is 0 Å². The summed E-state index contributed by atoms with van der Waals surface area (Å²) < 4.78 is 4.62. The van der Waals surface area contributed by atoms with Crippen LogP contribution in [0.25, 0.3) is 88.7 Å². The van der Waals surface area contributed by atoms with Crippen molar-refractivity contribution < 1.29 is 0 Å². The zero-order valence-electron chi connectivity index (χ0n) is 28.1. The molecule has 50 heavy (non-hydrogen) atoms. The first-order valence-electron chi connectivity index (χ1n) is 17.1. The number of nitrogens with zero attached hydrogens (tertiary/aromatic N) is 4. The SMILES string of the molecule is Cc1cccc(-n2c(-c3cccc4c3[nH]c3ccccc34)nc3c(-c4ccc5c6cc(C)c(C)cc6n(-c6ccccn6)c5c4)cccc32)c1. The number of aryl methyl sites for hydroxylation is 3. The van der Waals surface area contributed by atoms with Crippen LogP contribution in [0.4, 0.5) is 0 Å². The van der Waals surface area contributed by atoms with Crippen LogP contribution in [0.5, 0.6) is 0 Å². The Balaban J connectivity index is 1.27. The Morgan fingerprint density at radius 2 is 1.32 bits per heavy atom. The Labute approximate surface area is 289 Å². The van der Waals surface area contributed by atoms with Gasteiger partial charge in [-0.05, 0) is 104 Å². The van der Waals surface area contributed by atoms with E-state index in [0.29, 0.717) is 0 Å². The van der Waals surface area contributed by atoms with E-state index < -0.39 is 0 Å². The lowest BCUT2D eigenvalue weighted by molar-refractivity contribution is 1.08. The van der Waals surface area contributed by atoms with Crippen LogP contribution in [0.2, 0.25) is 0 Å². The predicted molar refractivity (Wildman–Crippen MR) is 208 cm³/mol. The van der Waals surface area contributed by atoms with Crippen molar-refractivity contribution in [3.63, 3.8) is 0 Å². The molecule has 0 atom stereocenters. The Bertz CT molecular complexity index is 2960. The quantitative estimate of drug-likeness (QED) is 0.207. The van der Waals surface area contributed by atoms with E-state index in [1.54, 1.807) is 0 Å².